The number of amides is 1. The molecule has 0 spiro atoms. The summed E-state index contributed by atoms with van der Waals surface area (Å²) in [4.78, 5) is 11.8. The molecule has 1 aliphatic rings. The molecule has 2 unspecified atom stereocenters. The van der Waals surface area contributed by atoms with E-state index < -0.39 is 18.0 Å². The van der Waals surface area contributed by atoms with E-state index >= 15 is 0 Å². The summed E-state index contributed by atoms with van der Waals surface area (Å²) in [6.07, 6.45) is -1.02. The summed E-state index contributed by atoms with van der Waals surface area (Å²) in [6, 6.07) is 0. The molecule has 1 N–H and O–H groups in total. The summed E-state index contributed by atoms with van der Waals surface area (Å²) < 4.78 is 38.8. The van der Waals surface area contributed by atoms with Gasteiger partial charge in [0.2, 0.25) is 5.91 Å². The van der Waals surface area contributed by atoms with Gasteiger partial charge in [-0.15, -0.1) is 0 Å². The maximum Gasteiger partial charge on any atom is 0.391 e. The van der Waals surface area contributed by atoms with Gasteiger partial charge in [0, 0.05) is 12.5 Å². The Morgan fingerprint density at radius 2 is 2.00 bits per heavy atom. The fraction of sp³-hybridized carbons (Fsp3) is 0.917. The smallest absolute Gasteiger partial charge is 0.356 e. The van der Waals surface area contributed by atoms with Crippen LogP contribution in [0.5, 0.6) is 0 Å². The lowest BCUT2D eigenvalue weighted by molar-refractivity contribution is -0.186. The second-order valence-electron chi connectivity index (χ2n) is 4.79. The molecule has 0 aromatic carbocycles. The summed E-state index contributed by atoms with van der Waals surface area (Å²) in [5, 5.41) is 2.75. The van der Waals surface area contributed by atoms with Crippen LogP contribution in [0.15, 0.2) is 0 Å². The van der Waals surface area contributed by atoms with Gasteiger partial charge in [-0.05, 0) is 36.5 Å². The van der Waals surface area contributed by atoms with Crippen molar-refractivity contribution in [2.75, 3.05) is 11.0 Å². The summed E-state index contributed by atoms with van der Waals surface area (Å²) >= 11 is 2.26. The molecule has 1 fully saturated rings. The number of hydrogen-bond acceptors (Lipinski definition) is 1. The molecule has 0 aliphatic heterocycles. The standard InChI is InChI=1S/C12H19F3INO/c13-12(14,15)10-5-3-4-9(8-10)11(18)17-7-2-1-6-16/h9-10H,1-8H2,(H,17,18). The second-order valence-corrected chi connectivity index (χ2v) is 5.87. The van der Waals surface area contributed by atoms with E-state index in [9.17, 15) is 18.0 Å². The molecule has 0 saturated heterocycles. The fourth-order valence-corrected chi connectivity index (χ4v) is 2.84. The first-order valence-corrected chi connectivity index (χ1v) is 7.88. The highest BCUT2D eigenvalue weighted by atomic mass is 127. The molecule has 0 aromatic heterocycles. The normalized spacial score (nSPS) is 24.9. The van der Waals surface area contributed by atoms with Crippen LogP contribution in [-0.2, 0) is 4.79 Å². The van der Waals surface area contributed by atoms with Crippen molar-refractivity contribution in [1.82, 2.24) is 5.32 Å². The van der Waals surface area contributed by atoms with Crippen LogP contribution in [-0.4, -0.2) is 23.1 Å². The number of halogens is 4. The van der Waals surface area contributed by atoms with Gasteiger partial charge in [0.1, 0.15) is 0 Å². The topological polar surface area (TPSA) is 29.1 Å². The third-order valence-corrected chi connectivity index (χ3v) is 4.13. The molecule has 0 bridgehead atoms. The number of nitrogens with one attached hydrogen (secondary N) is 1. The van der Waals surface area contributed by atoms with Crippen LogP contribution in [0.3, 0.4) is 0 Å². The largest absolute Gasteiger partial charge is 0.391 e. The Morgan fingerprint density at radius 1 is 1.28 bits per heavy atom. The van der Waals surface area contributed by atoms with Crippen LogP contribution in [0, 0.1) is 11.8 Å². The highest BCUT2D eigenvalue weighted by molar-refractivity contribution is 14.1. The van der Waals surface area contributed by atoms with Gasteiger partial charge in [0.25, 0.3) is 0 Å². The first kappa shape index (κ1) is 16.0. The van der Waals surface area contributed by atoms with Gasteiger partial charge < -0.3 is 5.32 Å². The molecular weight excluding hydrogens is 358 g/mol. The third-order valence-electron chi connectivity index (χ3n) is 3.37. The van der Waals surface area contributed by atoms with Crippen LogP contribution >= 0.6 is 22.6 Å². The first-order valence-electron chi connectivity index (χ1n) is 6.35. The minimum Gasteiger partial charge on any atom is -0.356 e. The SMILES string of the molecule is O=C(NCCCCI)C1CCCC(C(F)(F)F)C1. The third kappa shape index (κ3) is 5.32. The molecule has 18 heavy (non-hydrogen) atoms. The van der Waals surface area contributed by atoms with Crippen LogP contribution < -0.4 is 5.32 Å². The van der Waals surface area contributed by atoms with Crippen molar-refractivity contribution < 1.29 is 18.0 Å². The highest BCUT2D eigenvalue weighted by Gasteiger charge is 2.43. The number of carbonyl (C=O) groups is 1. The van der Waals surface area contributed by atoms with Crippen molar-refractivity contribution in [1.29, 1.82) is 0 Å². The van der Waals surface area contributed by atoms with Crippen LogP contribution in [0.25, 0.3) is 0 Å². The Hall–Kier alpha value is -0.0100. The molecule has 0 aromatic rings. The predicted molar refractivity (Wildman–Crippen MR) is 72.6 cm³/mol. The van der Waals surface area contributed by atoms with Gasteiger partial charge in [-0.3, -0.25) is 4.79 Å². The summed E-state index contributed by atoms with van der Waals surface area (Å²) in [5.41, 5.74) is 0. The molecular formula is C12H19F3INO. The summed E-state index contributed by atoms with van der Waals surface area (Å²) in [5.74, 6) is -1.95. The maximum absolute atomic E-state index is 12.6. The van der Waals surface area contributed by atoms with Crippen molar-refractivity contribution in [2.24, 2.45) is 11.8 Å². The second kappa shape index (κ2) is 7.55. The summed E-state index contributed by atoms with van der Waals surface area (Å²) in [6.45, 7) is 0.578. The van der Waals surface area contributed by atoms with Crippen LogP contribution in [0.2, 0.25) is 0 Å². The lowest BCUT2D eigenvalue weighted by atomic mass is 9.80. The van der Waals surface area contributed by atoms with Crippen molar-refractivity contribution in [3.05, 3.63) is 0 Å². The monoisotopic (exact) mass is 377 g/mol. The maximum atomic E-state index is 12.6. The zero-order chi connectivity index (χ0) is 13.6. The van der Waals surface area contributed by atoms with E-state index in [2.05, 4.69) is 27.9 Å². The Balaban J connectivity index is 2.34. The molecule has 1 rings (SSSR count). The lowest BCUT2D eigenvalue weighted by Crippen LogP contribution is -2.37. The molecule has 1 saturated carbocycles. The molecule has 106 valence electrons. The van der Waals surface area contributed by atoms with Crippen molar-refractivity contribution >= 4 is 28.5 Å². The van der Waals surface area contributed by atoms with E-state index in [4.69, 9.17) is 0 Å². The van der Waals surface area contributed by atoms with Crippen molar-refractivity contribution in [3.8, 4) is 0 Å². The van der Waals surface area contributed by atoms with Crippen molar-refractivity contribution in [2.45, 2.75) is 44.7 Å². The number of rotatable bonds is 5. The predicted octanol–water partition coefficient (Wildman–Crippen LogP) is 3.69. The van der Waals surface area contributed by atoms with E-state index in [0.717, 1.165) is 17.3 Å². The van der Waals surface area contributed by atoms with E-state index in [1.165, 1.54) is 0 Å². The highest BCUT2D eigenvalue weighted by Crippen LogP contribution is 2.39. The molecule has 1 aliphatic carbocycles. The Bertz CT molecular complexity index is 271. The lowest BCUT2D eigenvalue weighted by Gasteiger charge is -2.29. The van der Waals surface area contributed by atoms with Crippen LogP contribution in [0.1, 0.15) is 38.5 Å². The van der Waals surface area contributed by atoms with Gasteiger partial charge in [-0.1, -0.05) is 29.0 Å². The molecule has 2 nitrogen and oxygen atoms in total. The van der Waals surface area contributed by atoms with Crippen molar-refractivity contribution in [3.63, 3.8) is 0 Å². The molecule has 1 amide bonds. The Labute approximate surface area is 119 Å². The van der Waals surface area contributed by atoms with Gasteiger partial charge in [0.15, 0.2) is 0 Å². The van der Waals surface area contributed by atoms with Crippen LogP contribution in [0.4, 0.5) is 13.2 Å². The van der Waals surface area contributed by atoms with Gasteiger partial charge in [-0.25, -0.2) is 0 Å². The van der Waals surface area contributed by atoms with Gasteiger partial charge in [-0.2, -0.15) is 13.2 Å². The average molecular weight is 377 g/mol. The molecule has 6 heteroatoms. The quantitative estimate of drug-likeness (QED) is 0.442. The number of unbranched alkanes of at least 4 members (excludes halogenated alkanes) is 1. The molecule has 0 radical (unpaired) electrons. The molecule has 2 atom stereocenters. The zero-order valence-corrected chi connectivity index (χ0v) is 12.4. The van der Waals surface area contributed by atoms with Gasteiger partial charge >= 0.3 is 6.18 Å². The number of alkyl halides is 4. The zero-order valence-electron chi connectivity index (χ0n) is 10.2. The first-order chi connectivity index (χ1) is 8.45. The Morgan fingerprint density at radius 3 is 2.61 bits per heavy atom. The van der Waals surface area contributed by atoms with E-state index in [1.807, 2.05) is 0 Å². The summed E-state index contributed by atoms with van der Waals surface area (Å²) in [7, 11) is 0. The van der Waals surface area contributed by atoms with E-state index in [0.29, 0.717) is 19.4 Å². The number of hydrogen-bond donors (Lipinski definition) is 1. The van der Waals surface area contributed by atoms with Gasteiger partial charge in [0.05, 0.1) is 5.92 Å². The van der Waals surface area contributed by atoms with E-state index in [-0.39, 0.29) is 18.7 Å². The van der Waals surface area contributed by atoms with E-state index in [1.54, 1.807) is 0 Å². The Kier molecular flexibility index (Phi) is 6.73. The minimum absolute atomic E-state index is 0.0401. The fourth-order valence-electron chi connectivity index (χ4n) is 2.30. The average Bonchev–Trinajstić information content (AvgIpc) is 2.33. The minimum atomic E-state index is -4.15. The number of carbonyl (C=O) groups excluding carboxylic acids is 1. The molecule has 0 heterocycles.